The van der Waals surface area contributed by atoms with Crippen LogP contribution in [0.5, 0.6) is 0 Å². The molecular formula is C7H13N3O2S. The molecule has 0 saturated carbocycles. The van der Waals surface area contributed by atoms with Crippen molar-refractivity contribution in [1.82, 2.24) is 10.2 Å². The molecule has 0 unspecified atom stereocenters. The first kappa shape index (κ1) is 10.5. The molecule has 6 heteroatoms. The maximum absolute atomic E-state index is 8.53. The molecule has 13 heavy (non-hydrogen) atoms. The van der Waals surface area contributed by atoms with Gasteiger partial charge in [0.1, 0.15) is 0 Å². The Labute approximate surface area is 80.7 Å². The number of hydrogen-bond donors (Lipinski definition) is 2. The smallest absolute Gasteiger partial charge is 0.276 e. The molecule has 0 saturated heterocycles. The van der Waals surface area contributed by atoms with Crippen LogP contribution in [-0.4, -0.2) is 27.7 Å². The number of nitrogens with two attached hydrogens (primary N) is 1. The molecule has 0 spiro atoms. The van der Waals surface area contributed by atoms with Gasteiger partial charge >= 0.3 is 0 Å². The van der Waals surface area contributed by atoms with Crippen molar-refractivity contribution in [2.45, 2.75) is 24.6 Å². The standard InChI is InChI=1S/C7H13N3O2S/c8-5-6-9-10-7(12-6)13-4-2-1-3-11/h11H,1-5,8H2. The van der Waals surface area contributed by atoms with E-state index in [1.54, 1.807) is 0 Å². The van der Waals surface area contributed by atoms with Gasteiger partial charge in [-0.15, -0.1) is 10.2 Å². The predicted octanol–water partition coefficient (Wildman–Crippen LogP) is 0.393. The number of nitrogens with zero attached hydrogens (tertiary/aromatic N) is 2. The molecule has 74 valence electrons. The fourth-order valence-electron chi connectivity index (χ4n) is 0.752. The fraction of sp³-hybridized carbons (Fsp3) is 0.714. The van der Waals surface area contributed by atoms with Crippen molar-refractivity contribution in [1.29, 1.82) is 0 Å². The highest BCUT2D eigenvalue weighted by molar-refractivity contribution is 7.99. The van der Waals surface area contributed by atoms with Gasteiger partial charge in [-0.05, 0) is 12.8 Å². The molecule has 3 N–H and O–H groups in total. The summed E-state index contributed by atoms with van der Waals surface area (Å²) >= 11 is 1.49. The Bertz CT molecular complexity index is 241. The Morgan fingerprint density at radius 3 is 2.85 bits per heavy atom. The van der Waals surface area contributed by atoms with Gasteiger partial charge in [-0.1, -0.05) is 11.8 Å². The molecular weight excluding hydrogens is 190 g/mol. The van der Waals surface area contributed by atoms with E-state index in [4.69, 9.17) is 15.3 Å². The molecule has 0 aliphatic heterocycles. The average Bonchev–Trinajstić information content (AvgIpc) is 2.60. The highest BCUT2D eigenvalue weighted by atomic mass is 32.2. The summed E-state index contributed by atoms with van der Waals surface area (Å²) in [5, 5.41) is 16.6. The minimum atomic E-state index is 0.235. The number of aromatic nitrogens is 2. The van der Waals surface area contributed by atoms with Gasteiger partial charge in [-0.2, -0.15) is 0 Å². The van der Waals surface area contributed by atoms with Crippen LogP contribution in [0.2, 0.25) is 0 Å². The topological polar surface area (TPSA) is 85.2 Å². The molecule has 0 amide bonds. The second-order valence-corrected chi connectivity index (χ2v) is 3.49. The highest BCUT2D eigenvalue weighted by Crippen LogP contribution is 2.16. The zero-order chi connectivity index (χ0) is 9.52. The second-order valence-electron chi connectivity index (χ2n) is 2.45. The maximum Gasteiger partial charge on any atom is 0.276 e. The summed E-state index contributed by atoms with van der Waals surface area (Å²) in [4.78, 5) is 0. The monoisotopic (exact) mass is 203 g/mol. The van der Waals surface area contributed by atoms with Crippen molar-refractivity contribution in [2.75, 3.05) is 12.4 Å². The summed E-state index contributed by atoms with van der Waals surface area (Å²) in [6.07, 6.45) is 1.76. The Morgan fingerprint density at radius 1 is 1.38 bits per heavy atom. The molecule has 0 aromatic carbocycles. The van der Waals surface area contributed by atoms with E-state index in [1.807, 2.05) is 0 Å². The van der Waals surface area contributed by atoms with Crippen molar-refractivity contribution in [3.05, 3.63) is 5.89 Å². The molecule has 0 radical (unpaired) electrons. The van der Waals surface area contributed by atoms with Crippen LogP contribution in [0.25, 0.3) is 0 Å². The number of unbranched alkanes of at least 4 members (excludes halogenated alkanes) is 1. The second kappa shape index (κ2) is 5.95. The number of aliphatic hydroxyl groups excluding tert-OH is 1. The van der Waals surface area contributed by atoms with E-state index in [9.17, 15) is 0 Å². The molecule has 0 fully saturated rings. The minimum Gasteiger partial charge on any atom is -0.415 e. The first-order valence-corrected chi connectivity index (χ1v) is 5.11. The van der Waals surface area contributed by atoms with E-state index >= 15 is 0 Å². The zero-order valence-corrected chi connectivity index (χ0v) is 8.09. The summed E-state index contributed by atoms with van der Waals surface area (Å²) in [5.74, 6) is 1.34. The van der Waals surface area contributed by atoms with Gasteiger partial charge in [0.05, 0.1) is 6.54 Å². The molecule has 0 aliphatic rings. The van der Waals surface area contributed by atoms with Crippen LogP contribution in [0, 0.1) is 0 Å². The maximum atomic E-state index is 8.53. The lowest BCUT2D eigenvalue weighted by atomic mass is 10.4. The first-order valence-electron chi connectivity index (χ1n) is 4.13. The van der Waals surface area contributed by atoms with Gasteiger partial charge in [0.25, 0.3) is 5.22 Å². The van der Waals surface area contributed by atoms with Gasteiger partial charge in [-0.25, -0.2) is 0 Å². The van der Waals surface area contributed by atoms with E-state index in [1.165, 1.54) is 11.8 Å². The lowest BCUT2D eigenvalue weighted by molar-refractivity contribution is 0.287. The third kappa shape index (κ3) is 3.75. The van der Waals surface area contributed by atoms with Crippen LogP contribution >= 0.6 is 11.8 Å². The normalized spacial score (nSPS) is 10.6. The third-order valence-electron chi connectivity index (χ3n) is 1.40. The summed E-state index contributed by atoms with van der Waals surface area (Å²) in [7, 11) is 0. The van der Waals surface area contributed by atoms with Crippen LogP contribution < -0.4 is 5.73 Å². The van der Waals surface area contributed by atoms with Crippen molar-refractivity contribution in [3.8, 4) is 0 Å². The van der Waals surface area contributed by atoms with Crippen LogP contribution in [0.4, 0.5) is 0 Å². The van der Waals surface area contributed by atoms with Crippen LogP contribution in [0.15, 0.2) is 9.64 Å². The van der Waals surface area contributed by atoms with Crippen molar-refractivity contribution >= 4 is 11.8 Å². The Hall–Kier alpha value is -0.590. The van der Waals surface area contributed by atoms with E-state index < -0.39 is 0 Å². The lowest BCUT2D eigenvalue weighted by Crippen LogP contribution is -1.95. The third-order valence-corrected chi connectivity index (χ3v) is 2.31. The summed E-state index contributed by atoms with van der Waals surface area (Å²) in [5.41, 5.74) is 5.30. The molecule has 1 rings (SSSR count). The van der Waals surface area contributed by atoms with E-state index in [0.29, 0.717) is 11.1 Å². The molecule has 1 aromatic rings. The number of aliphatic hydroxyl groups is 1. The van der Waals surface area contributed by atoms with E-state index in [0.717, 1.165) is 18.6 Å². The summed E-state index contributed by atoms with van der Waals surface area (Å²) < 4.78 is 5.17. The number of rotatable bonds is 6. The molecule has 0 aliphatic carbocycles. The number of thioether (sulfide) groups is 1. The van der Waals surface area contributed by atoms with Crippen molar-refractivity contribution in [3.63, 3.8) is 0 Å². The Balaban J connectivity index is 2.20. The predicted molar refractivity (Wildman–Crippen MR) is 49.2 cm³/mol. The van der Waals surface area contributed by atoms with Gasteiger partial charge in [0.15, 0.2) is 0 Å². The highest BCUT2D eigenvalue weighted by Gasteiger charge is 2.03. The molecule has 1 heterocycles. The largest absolute Gasteiger partial charge is 0.415 e. The van der Waals surface area contributed by atoms with Crippen LogP contribution in [0.3, 0.4) is 0 Å². The number of hydrogen-bond acceptors (Lipinski definition) is 6. The fourth-order valence-corrected chi connectivity index (χ4v) is 1.53. The molecule has 0 atom stereocenters. The molecule has 0 bridgehead atoms. The first-order chi connectivity index (χ1) is 6.36. The van der Waals surface area contributed by atoms with Gasteiger partial charge in [0, 0.05) is 12.4 Å². The average molecular weight is 203 g/mol. The molecule has 5 nitrogen and oxygen atoms in total. The van der Waals surface area contributed by atoms with Gasteiger partial charge in [-0.3, -0.25) is 0 Å². The Morgan fingerprint density at radius 2 is 2.23 bits per heavy atom. The minimum absolute atomic E-state index is 0.235. The van der Waals surface area contributed by atoms with Crippen LogP contribution in [-0.2, 0) is 6.54 Å². The van der Waals surface area contributed by atoms with Gasteiger partial charge < -0.3 is 15.3 Å². The lowest BCUT2D eigenvalue weighted by Gasteiger charge is -1.93. The SMILES string of the molecule is NCc1nnc(SCCCCO)o1. The summed E-state index contributed by atoms with van der Waals surface area (Å²) in [6, 6.07) is 0. The van der Waals surface area contributed by atoms with E-state index in [2.05, 4.69) is 10.2 Å². The van der Waals surface area contributed by atoms with Gasteiger partial charge in [0.2, 0.25) is 5.89 Å². The van der Waals surface area contributed by atoms with E-state index in [-0.39, 0.29) is 13.2 Å². The quantitative estimate of drug-likeness (QED) is 0.514. The molecule has 1 aromatic heterocycles. The van der Waals surface area contributed by atoms with Crippen molar-refractivity contribution in [2.24, 2.45) is 5.73 Å². The Kier molecular flexibility index (Phi) is 4.81. The van der Waals surface area contributed by atoms with Crippen molar-refractivity contribution < 1.29 is 9.52 Å². The van der Waals surface area contributed by atoms with Crippen LogP contribution in [0.1, 0.15) is 18.7 Å². The summed E-state index contributed by atoms with van der Waals surface area (Å²) in [6.45, 7) is 0.517. The zero-order valence-electron chi connectivity index (χ0n) is 7.27.